The van der Waals surface area contributed by atoms with Crippen LogP contribution in [0.4, 0.5) is 4.79 Å². The summed E-state index contributed by atoms with van der Waals surface area (Å²) in [5.41, 5.74) is 5.79. The van der Waals surface area contributed by atoms with Crippen molar-refractivity contribution in [3.8, 4) is 0 Å². The van der Waals surface area contributed by atoms with Gasteiger partial charge in [0.25, 0.3) is 0 Å². The second-order valence-corrected chi connectivity index (χ2v) is 16.3. The number of rotatable bonds is 21. The maximum atomic E-state index is 12.8. The van der Waals surface area contributed by atoms with Crippen LogP contribution >= 0.6 is 0 Å². The summed E-state index contributed by atoms with van der Waals surface area (Å²) in [6.07, 6.45) is 32.9. The molecule has 2 aromatic rings. The normalized spacial score (nSPS) is 20.4. The van der Waals surface area contributed by atoms with E-state index in [0.29, 0.717) is 6.61 Å². The Bertz CT molecular complexity index is 1120. The predicted molar refractivity (Wildman–Crippen MR) is 211 cm³/mol. The molecule has 1 heterocycles. The van der Waals surface area contributed by atoms with Gasteiger partial charge in [0, 0.05) is 24.5 Å². The van der Waals surface area contributed by atoms with Crippen LogP contribution in [0.1, 0.15) is 207 Å². The number of alkyl carbamates (subject to hydrolysis) is 1. The van der Waals surface area contributed by atoms with Crippen molar-refractivity contribution in [2.24, 2.45) is 0 Å². The van der Waals surface area contributed by atoms with Gasteiger partial charge in [-0.15, -0.1) is 0 Å². The fourth-order valence-electron chi connectivity index (χ4n) is 9.28. The Morgan fingerprint density at radius 2 is 1.08 bits per heavy atom. The second-order valence-electron chi connectivity index (χ2n) is 16.3. The zero-order valence-electron chi connectivity index (χ0n) is 31.9. The summed E-state index contributed by atoms with van der Waals surface area (Å²) in [5.74, 6) is 1.70. The Labute approximate surface area is 306 Å². The fourth-order valence-corrected chi connectivity index (χ4v) is 9.28. The van der Waals surface area contributed by atoms with Crippen molar-refractivity contribution in [2.45, 2.75) is 197 Å². The van der Waals surface area contributed by atoms with E-state index >= 15 is 0 Å². The summed E-state index contributed by atoms with van der Waals surface area (Å²) in [6.45, 7) is 3.60. The highest BCUT2D eigenvalue weighted by Gasteiger charge is 2.34. The summed E-state index contributed by atoms with van der Waals surface area (Å²) < 4.78 is 5.64. The van der Waals surface area contributed by atoms with Crippen molar-refractivity contribution in [3.63, 3.8) is 0 Å². The van der Waals surface area contributed by atoms with Gasteiger partial charge in [-0.2, -0.15) is 0 Å². The van der Waals surface area contributed by atoms with Gasteiger partial charge in [0.1, 0.15) is 0 Å². The molecular formula is C46H72N2O2. The molecule has 50 heavy (non-hydrogen) atoms. The lowest BCUT2D eigenvalue weighted by molar-refractivity contribution is 0.140. The van der Waals surface area contributed by atoms with Crippen LogP contribution in [0, 0.1) is 0 Å². The third-order valence-corrected chi connectivity index (χ3v) is 12.4. The van der Waals surface area contributed by atoms with Crippen LogP contribution in [-0.4, -0.2) is 31.3 Å². The highest BCUT2D eigenvalue weighted by molar-refractivity contribution is 5.67. The molecular weight excluding hydrogens is 613 g/mol. The van der Waals surface area contributed by atoms with Gasteiger partial charge < -0.3 is 15.4 Å². The highest BCUT2D eigenvalue weighted by Crippen LogP contribution is 2.38. The third-order valence-electron chi connectivity index (χ3n) is 12.4. The smallest absolute Gasteiger partial charge is 0.407 e. The van der Waals surface area contributed by atoms with Gasteiger partial charge in [0.15, 0.2) is 0 Å². The van der Waals surface area contributed by atoms with Crippen LogP contribution in [0.25, 0.3) is 0 Å². The molecule has 3 fully saturated rings. The van der Waals surface area contributed by atoms with E-state index in [0.717, 1.165) is 37.6 Å². The van der Waals surface area contributed by atoms with Gasteiger partial charge in [0.05, 0.1) is 6.61 Å². The van der Waals surface area contributed by atoms with Crippen LogP contribution in [0.3, 0.4) is 0 Å². The average Bonchev–Trinajstić information content (AvgIpc) is 3.62. The van der Waals surface area contributed by atoms with Crippen LogP contribution < -0.4 is 10.6 Å². The molecule has 0 unspecified atom stereocenters. The van der Waals surface area contributed by atoms with E-state index in [-0.39, 0.29) is 24.1 Å². The Morgan fingerprint density at radius 3 is 1.54 bits per heavy atom. The molecule has 4 heteroatoms. The molecule has 1 amide bonds. The van der Waals surface area contributed by atoms with E-state index in [2.05, 4.69) is 66.1 Å². The Morgan fingerprint density at radius 1 is 0.640 bits per heavy atom. The topological polar surface area (TPSA) is 50.4 Å². The molecule has 5 rings (SSSR count). The number of carbonyl (C=O) groups excluding carboxylic acids is 1. The number of hydrogen-bond donors (Lipinski definition) is 2. The molecule has 3 aliphatic rings. The monoisotopic (exact) mass is 685 g/mol. The van der Waals surface area contributed by atoms with Gasteiger partial charge in [-0.25, -0.2) is 4.79 Å². The summed E-state index contributed by atoms with van der Waals surface area (Å²) in [4.78, 5) is 12.8. The minimum atomic E-state index is -0.252. The van der Waals surface area contributed by atoms with E-state index in [9.17, 15) is 4.79 Å². The van der Waals surface area contributed by atoms with Gasteiger partial charge in [-0.1, -0.05) is 177 Å². The molecule has 2 aromatic carbocycles. The molecule has 2 saturated carbocycles. The molecule has 278 valence electrons. The number of ether oxygens (including phenoxy) is 1. The zero-order chi connectivity index (χ0) is 34.6. The molecule has 2 atom stereocenters. The van der Waals surface area contributed by atoms with Crippen molar-refractivity contribution in [2.75, 3.05) is 13.2 Å². The van der Waals surface area contributed by atoms with Crippen molar-refractivity contribution < 1.29 is 9.53 Å². The number of hydrogen-bond acceptors (Lipinski definition) is 3. The van der Waals surface area contributed by atoms with Crippen LogP contribution in [-0.2, 0) is 4.74 Å². The maximum absolute atomic E-state index is 12.8. The lowest BCUT2D eigenvalue weighted by atomic mass is 9.79. The average molecular weight is 685 g/mol. The van der Waals surface area contributed by atoms with Crippen molar-refractivity contribution in [3.05, 3.63) is 70.8 Å². The van der Waals surface area contributed by atoms with Crippen LogP contribution in [0.2, 0.25) is 0 Å². The van der Waals surface area contributed by atoms with E-state index in [1.165, 1.54) is 164 Å². The minimum Gasteiger partial charge on any atom is -0.450 e. The summed E-state index contributed by atoms with van der Waals surface area (Å²) in [6, 6.07) is 19.6. The number of unbranched alkanes of at least 4 members (excludes halogenated alkanes) is 13. The second kappa shape index (κ2) is 22.6. The fraction of sp³-hybridized carbons (Fsp3) is 0.717. The van der Waals surface area contributed by atoms with E-state index in [4.69, 9.17) is 4.74 Å². The molecule has 4 nitrogen and oxygen atoms in total. The number of carbonyl (C=O) groups is 1. The Kier molecular flexibility index (Phi) is 17.6. The van der Waals surface area contributed by atoms with Crippen molar-refractivity contribution in [1.82, 2.24) is 10.6 Å². The van der Waals surface area contributed by atoms with E-state index in [1.807, 2.05) is 0 Å². The van der Waals surface area contributed by atoms with Gasteiger partial charge >= 0.3 is 6.09 Å². The molecule has 0 aromatic heterocycles. The number of benzene rings is 2. The zero-order valence-corrected chi connectivity index (χ0v) is 31.9. The first-order valence-corrected chi connectivity index (χ1v) is 21.6. The molecule has 0 radical (unpaired) electrons. The predicted octanol–water partition coefficient (Wildman–Crippen LogP) is 12.9. The lowest BCUT2D eigenvalue weighted by Gasteiger charge is -2.28. The maximum Gasteiger partial charge on any atom is 0.407 e. The largest absolute Gasteiger partial charge is 0.450 e. The molecule has 1 saturated heterocycles. The minimum absolute atomic E-state index is 0.0920. The van der Waals surface area contributed by atoms with Crippen LogP contribution in [0.15, 0.2) is 48.5 Å². The first-order chi connectivity index (χ1) is 24.7. The number of nitrogens with one attached hydrogen (secondary N) is 2. The summed E-state index contributed by atoms with van der Waals surface area (Å²) >= 11 is 0. The van der Waals surface area contributed by atoms with Gasteiger partial charge in [-0.3, -0.25) is 0 Å². The Balaban J connectivity index is 1.04. The standard InChI is InChI=1S/C46H72N2O2/c1-2-3-4-5-6-7-8-9-10-11-12-13-14-21-34-50-46(49)48-43-35-44(47-36-43)45(41-30-26-39(27-31-41)37-22-17-15-18-23-37)42-32-28-40(29-33-42)38-24-19-16-20-25-38/h26-33,37-38,43-45,47H,2-25,34-36H2,1H3,(H,48,49)/t43-,44-/m1/s1. The molecule has 2 aliphatic carbocycles. The first kappa shape index (κ1) is 38.9. The quantitative estimate of drug-likeness (QED) is 0.129. The summed E-state index contributed by atoms with van der Waals surface area (Å²) in [5, 5.41) is 7.01. The lowest BCUT2D eigenvalue weighted by Crippen LogP contribution is -2.36. The number of amides is 1. The van der Waals surface area contributed by atoms with E-state index in [1.54, 1.807) is 0 Å². The van der Waals surface area contributed by atoms with Crippen molar-refractivity contribution >= 4 is 6.09 Å². The SMILES string of the molecule is CCCCCCCCCCCCCCCCOC(=O)N[C@H]1CN[C@@H](C(c2ccc(C3CCCCC3)cc2)c2ccc(C3CCCCC3)cc2)C1. The third kappa shape index (κ3) is 13.0. The molecule has 0 spiro atoms. The van der Waals surface area contributed by atoms with Gasteiger partial charge in [0.2, 0.25) is 0 Å². The van der Waals surface area contributed by atoms with Crippen molar-refractivity contribution in [1.29, 1.82) is 0 Å². The van der Waals surface area contributed by atoms with Gasteiger partial charge in [-0.05, 0) is 72.6 Å². The summed E-state index contributed by atoms with van der Waals surface area (Å²) in [7, 11) is 0. The Hall–Kier alpha value is -2.33. The van der Waals surface area contributed by atoms with E-state index < -0.39 is 0 Å². The molecule has 0 bridgehead atoms. The first-order valence-electron chi connectivity index (χ1n) is 21.6. The highest BCUT2D eigenvalue weighted by atomic mass is 16.5. The van der Waals surface area contributed by atoms with Crippen LogP contribution in [0.5, 0.6) is 0 Å². The molecule has 1 aliphatic heterocycles. The molecule has 2 N–H and O–H groups in total.